The molecular formula is C20H17ClF3N7O. The Morgan fingerprint density at radius 3 is 2.75 bits per heavy atom. The normalized spacial score (nSPS) is 11.9. The average Bonchev–Trinajstić information content (AvgIpc) is 3.38. The number of H-pyrrole nitrogens is 1. The van der Waals surface area contributed by atoms with Gasteiger partial charge in [0.1, 0.15) is 17.2 Å². The largest absolute Gasteiger partial charge is 0.355 e. The van der Waals surface area contributed by atoms with Crippen LogP contribution in [0.1, 0.15) is 11.4 Å². The van der Waals surface area contributed by atoms with Crippen LogP contribution in [0.3, 0.4) is 0 Å². The molecule has 4 rings (SSSR count). The molecule has 8 nitrogen and oxygen atoms in total. The van der Waals surface area contributed by atoms with Crippen molar-refractivity contribution in [3.63, 3.8) is 0 Å². The monoisotopic (exact) mass is 463 g/mol. The number of aromatic amines is 1. The molecule has 2 aromatic heterocycles. The Hall–Kier alpha value is -3.57. The van der Waals surface area contributed by atoms with Gasteiger partial charge in [-0.15, -0.1) is 0 Å². The average molecular weight is 464 g/mol. The van der Waals surface area contributed by atoms with E-state index < -0.39 is 17.5 Å². The van der Waals surface area contributed by atoms with Crippen molar-refractivity contribution in [1.29, 1.82) is 0 Å². The minimum atomic E-state index is -1.18. The van der Waals surface area contributed by atoms with Crippen molar-refractivity contribution in [3.05, 3.63) is 70.5 Å². The second kappa shape index (κ2) is 8.89. The Morgan fingerprint density at radius 2 is 2.06 bits per heavy atom. The molecule has 2 aromatic carbocycles. The summed E-state index contributed by atoms with van der Waals surface area (Å²) >= 11 is 5.76. The molecule has 0 saturated carbocycles. The van der Waals surface area contributed by atoms with Gasteiger partial charge in [-0.25, -0.2) is 28.1 Å². The van der Waals surface area contributed by atoms with Crippen molar-refractivity contribution < 1.29 is 18.4 Å². The molecule has 0 saturated heterocycles. The van der Waals surface area contributed by atoms with Crippen LogP contribution in [0.5, 0.6) is 0 Å². The zero-order valence-electron chi connectivity index (χ0n) is 16.6. The lowest BCUT2D eigenvalue weighted by Gasteiger charge is -2.08. The zero-order chi connectivity index (χ0) is 22.8. The molecular weight excluding hydrogens is 447 g/mol. The van der Waals surface area contributed by atoms with Crippen molar-refractivity contribution in [2.45, 2.75) is 6.42 Å². The third-order valence-electron chi connectivity index (χ3n) is 4.73. The number of aliphatic imine (C=N–C) groups is 1. The quantitative estimate of drug-likeness (QED) is 0.196. The fourth-order valence-electron chi connectivity index (χ4n) is 3.13. The highest BCUT2D eigenvalue weighted by atomic mass is 35.5. The minimum absolute atomic E-state index is 0.00602. The Bertz CT molecular complexity index is 1320. The van der Waals surface area contributed by atoms with E-state index in [1.54, 1.807) is 6.20 Å². The van der Waals surface area contributed by atoms with E-state index in [2.05, 4.69) is 25.3 Å². The molecule has 0 spiro atoms. The van der Waals surface area contributed by atoms with Gasteiger partial charge in [0.15, 0.2) is 17.5 Å². The second-order valence-corrected chi connectivity index (χ2v) is 7.24. The number of halogens is 4. The van der Waals surface area contributed by atoms with Gasteiger partial charge in [0.25, 0.3) is 0 Å². The number of hydroxylamine groups is 1. The standard InChI is InChI=1S/C20H17ClF3N7O/c1-31-7-6-25-15(31)4-5-26-20-28-17-11(9-14(23)16(24)18(17)29-20)19(30-32)27-10-2-3-13(22)12(21)8-10/h2-3,6-9,32H,4-5H2,1H3,(H,27,30)(H2,26,28,29). The van der Waals surface area contributed by atoms with Crippen molar-refractivity contribution in [2.75, 3.05) is 11.9 Å². The second-order valence-electron chi connectivity index (χ2n) is 6.83. The maximum atomic E-state index is 14.4. The number of hydrogen-bond donors (Lipinski definition) is 4. The van der Waals surface area contributed by atoms with Crippen molar-refractivity contribution in [1.82, 2.24) is 25.0 Å². The van der Waals surface area contributed by atoms with E-state index in [1.165, 1.54) is 12.1 Å². The van der Waals surface area contributed by atoms with Gasteiger partial charge in [0.2, 0.25) is 5.95 Å². The zero-order valence-corrected chi connectivity index (χ0v) is 17.4. The van der Waals surface area contributed by atoms with E-state index in [4.69, 9.17) is 11.6 Å². The van der Waals surface area contributed by atoms with Crippen LogP contribution in [0.2, 0.25) is 5.02 Å². The molecule has 0 aliphatic heterocycles. The van der Waals surface area contributed by atoms with Gasteiger partial charge in [-0.3, -0.25) is 10.7 Å². The third-order valence-corrected chi connectivity index (χ3v) is 5.02. The first-order valence-corrected chi connectivity index (χ1v) is 9.77. The van der Waals surface area contributed by atoms with Crippen LogP contribution in [0.15, 0.2) is 41.7 Å². The topological polar surface area (TPSA) is 103 Å². The number of nitrogens with one attached hydrogen (secondary N) is 3. The molecule has 4 N–H and O–H groups in total. The summed E-state index contributed by atoms with van der Waals surface area (Å²) in [7, 11) is 1.87. The molecule has 0 amide bonds. The molecule has 0 atom stereocenters. The van der Waals surface area contributed by atoms with Crippen molar-refractivity contribution in [2.24, 2.45) is 12.0 Å². The van der Waals surface area contributed by atoms with Crippen LogP contribution in [0.4, 0.5) is 24.8 Å². The SMILES string of the molecule is Cn1ccnc1CCNc1nc2c(F)c(F)cc(C(=Nc3ccc(F)c(Cl)c3)NO)c2[nH]1. The molecule has 0 bridgehead atoms. The van der Waals surface area contributed by atoms with Crippen LogP contribution in [-0.4, -0.2) is 37.1 Å². The summed E-state index contributed by atoms with van der Waals surface area (Å²) in [4.78, 5) is 15.3. The first-order chi connectivity index (χ1) is 15.4. The number of benzene rings is 2. The molecule has 0 aliphatic rings. The van der Waals surface area contributed by atoms with Crippen molar-refractivity contribution in [3.8, 4) is 0 Å². The lowest BCUT2D eigenvalue weighted by Crippen LogP contribution is -2.21. The highest BCUT2D eigenvalue weighted by molar-refractivity contribution is 6.31. The number of fused-ring (bicyclic) bond motifs is 1. The van der Waals surface area contributed by atoms with E-state index >= 15 is 0 Å². The Kier molecular flexibility index (Phi) is 6.01. The number of nitrogens with zero attached hydrogens (tertiary/aromatic N) is 4. The highest BCUT2D eigenvalue weighted by Gasteiger charge is 2.20. The first kappa shape index (κ1) is 21.7. The Labute approximate surface area is 184 Å². The summed E-state index contributed by atoms with van der Waals surface area (Å²) in [5.74, 6) is -2.17. The predicted octanol–water partition coefficient (Wildman–Crippen LogP) is 4.08. The van der Waals surface area contributed by atoms with Crippen LogP contribution in [-0.2, 0) is 13.5 Å². The minimum Gasteiger partial charge on any atom is -0.355 e. The van der Waals surface area contributed by atoms with Crippen LogP contribution in [0, 0.1) is 17.5 Å². The highest BCUT2D eigenvalue weighted by Crippen LogP contribution is 2.27. The van der Waals surface area contributed by atoms with Gasteiger partial charge >= 0.3 is 0 Å². The molecule has 0 fully saturated rings. The number of aromatic nitrogens is 4. The Morgan fingerprint density at radius 1 is 1.25 bits per heavy atom. The first-order valence-electron chi connectivity index (χ1n) is 9.39. The molecule has 0 unspecified atom stereocenters. The molecule has 2 heterocycles. The maximum Gasteiger partial charge on any atom is 0.201 e. The van der Waals surface area contributed by atoms with Gasteiger partial charge < -0.3 is 14.9 Å². The summed E-state index contributed by atoms with van der Waals surface area (Å²) in [5, 5.41) is 12.4. The fraction of sp³-hybridized carbons (Fsp3) is 0.150. The summed E-state index contributed by atoms with van der Waals surface area (Å²) in [6.45, 7) is 0.428. The fourth-order valence-corrected chi connectivity index (χ4v) is 3.31. The van der Waals surface area contributed by atoms with Crippen molar-refractivity contribution >= 4 is 40.1 Å². The summed E-state index contributed by atoms with van der Waals surface area (Å²) in [6.07, 6.45) is 4.07. The molecule has 32 heavy (non-hydrogen) atoms. The Balaban J connectivity index is 1.68. The summed E-state index contributed by atoms with van der Waals surface area (Å²) in [5.41, 5.74) is 1.86. The summed E-state index contributed by atoms with van der Waals surface area (Å²) < 4.78 is 43.9. The van der Waals surface area contributed by atoms with E-state index in [0.717, 1.165) is 18.0 Å². The van der Waals surface area contributed by atoms with Crippen LogP contribution in [0.25, 0.3) is 11.0 Å². The number of rotatable bonds is 6. The van der Waals surface area contributed by atoms with Crippen LogP contribution >= 0.6 is 11.6 Å². The van der Waals surface area contributed by atoms with Gasteiger partial charge in [0.05, 0.1) is 16.2 Å². The van der Waals surface area contributed by atoms with E-state index in [1.807, 2.05) is 23.3 Å². The number of imidazole rings is 2. The molecule has 4 aromatic rings. The number of aryl methyl sites for hydroxylation is 1. The van der Waals surface area contributed by atoms with Gasteiger partial charge in [0, 0.05) is 38.0 Å². The van der Waals surface area contributed by atoms with Gasteiger partial charge in [-0.05, 0) is 24.3 Å². The lowest BCUT2D eigenvalue weighted by atomic mass is 10.1. The van der Waals surface area contributed by atoms with E-state index in [9.17, 15) is 18.4 Å². The summed E-state index contributed by atoms with van der Waals surface area (Å²) in [6, 6.07) is 4.49. The van der Waals surface area contributed by atoms with Gasteiger partial charge in [-0.2, -0.15) is 0 Å². The number of amidine groups is 1. The number of hydrogen-bond acceptors (Lipinski definition) is 5. The predicted molar refractivity (Wildman–Crippen MR) is 114 cm³/mol. The molecule has 0 radical (unpaired) electrons. The lowest BCUT2D eigenvalue weighted by molar-refractivity contribution is 0.235. The number of anilines is 1. The third kappa shape index (κ3) is 4.25. The van der Waals surface area contributed by atoms with Gasteiger partial charge in [-0.1, -0.05) is 11.6 Å². The van der Waals surface area contributed by atoms with E-state index in [0.29, 0.717) is 13.0 Å². The molecule has 0 aliphatic carbocycles. The maximum absolute atomic E-state index is 14.4. The molecule has 166 valence electrons. The van der Waals surface area contributed by atoms with E-state index in [-0.39, 0.29) is 39.1 Å². The van der Waals surface area contributed by atoms with Crippen LogP contribution < -0.4 is 10.8 Å². The smallest absolute Gasteiger partial charge is 0.201 e. The molecule has 12 heteroatoms.